The first-order valence-corrected chi connectivity index (χ1v) is 9.95. The molecule has 1 fully saturated rings. The number of rotatable bonds is 7. The van der Waals surface area contributed by atoms with Crippen molar-refractivity contribution in [1.29, 1.82) is 0 Å². The van der Waals surface area contributed by atoms with E-state index in [0.717, 1.165) is 35.6 Å². The average molecular weight is 380 g/mol. The topological polar surface area (TPSA) is 61.4 Å². The summed E-state index contributed by atoms with van der Waals surface area (Å²) in [6.07, 6.45) is 1.15. The van der Waals surface area contributed by atoms with Crippen molar-refractivity contribution in [2.75, 3.05) is 28.6 Å². The quantitative estimate of drug-likeness (QED) is 0.696. The molecule has 0 aromatic heterocycles. The third-order valence-electron chi connectivity index (χ3n) is 5.50. The maximum atomic E-state index is 12.8. The third kappa shape index (κ3) is 4.03. The molecule has 1 saturated carbocycles. The summed E-state index contributed by atoms with van der Waals surface area (Å²) in [4.78, 5) is 27.9. The van der Waals surface area contributed by atoms with Crippen LogP contribution in [0.4, 0.5) is 17.1 Å². The lowest BCUT2D eigenvalue weighted by atomic mass is 10.0. The Bertz CT molecular complexity index is 866. The Morgan fingerprint density at radius 3 is 2.07 bits per heavy atom. The summed E-state index contributed by atoms with van der Waals surface area (Å²) in [5.74, 6) is -0.456. The van der Waals surface area contributed by atoms with Crippen molar-refractivity contribution < 1.29 is 9.59 Å². The lowest BCUT2D eigenvalue weighted by Crippen LogP contribution is -2.35. The van der Waals surface area contributed by atoms with Gasteiger partial charge in [-0.05, 0) is 76.4 Å². The van der Waals surface area contributed by atoms with Crippen LogP contribution >= 0.6 is 0 Å². The van der Waals surface area contributed by atoms with Gasteiger partial charge in [0.1, 0.15) is 5.41 Å². The molecular weight excluding hydrogens is 350 g/mol. The molecule has 1 aliphatic carbocycles. The molecule has 0 spiro atoms. The van der Waals surface area contributed by atoms with Crippen LogP contribution < -0.4 is 15.5 Å². The van der Waals surface area contributed by atoms with Crippen molar-refractivity contribution in [3.05, 3.63) is 53.6 Å². The van der Waals surface area contributed by atoms with Crippen LogP contribution in [-0.2, 0) is 9.59 Å². The minimum absolute atomic E-state index is 0.225. The fourth-order valence-electron chi connectivity index (χ4n) is 3.47. The van der Waals surface area contributed by atoms with Crippen LogP contribution in [0.3, 0.4) is 0 Å². The number of hydrogen-bond acceptors (Lipinski definition) is 3. The number of nitrogens with one attached hydrogen (secondary N) is 2. The highest BCUT2D eigenvalue weighted by molar-refractivity contribution is 6.17. The van der Waals surface area contributed by atoms with E-state index in [2.05, 4.69) is 29.4 Å². The Hall–Kier alpha value is -2.82. The van der Waals surface area contributed by atoms with Crippen LogP contribution in [0.15, 0.2) is 42.5 Å². The molecule has 2 aromatic rings. The predicted octanol–water partition coefficient (Wildman–Crippen LogP) is 4.51. The van der Waals surface area contributed by atoms with Gasteiger partial charge in [0, 0.05) is 30.2 Å². The van der Waals surface area contributed by atoms with E-state index in [4.69, 9.17) is 0 Å². The van der Waals surface area contributed by atoms with Gasteiger partial charge < -0.3 is 15.5 Å². The van der Waals surface area contributed by atoms with Crippen LogP contribution in [0.1, 0.15) is 37.8 Å². The van der Waals surface area contributed by atoms with E-state index in [9.17, 15) is 9.59 Å². The van der Waals surface area contributed by atoms with Gasteiger partial charge in [-0.3, -0.25) is 9.59 Å². The number of anilines is 3. The second-order valence-corrected chi connectivity index (χ2v) is 7.53. The Morgan fingerprint density at radius 2 is 1.54 bits per heavy atom. The predicted molar refractivity (Wildman–Crippen MR) is 115 cm³/mol. The molecule has 5 heteroatoms. The van der Waals surface area contributed by atoms with E-state index in [0.29, 0.717) is 18.5 Å². The van der Waals surface area contributed by atoms with Crippen molar-refractivity contribution in [2.45, 2.75) is 40.5 Å². The second kappa shape index (κ2) is 8.05. The molecule has 0 heterocycles. The van der Waals surface area contributed by atoms with Crippen molar-refractivity contribution in [2.24, 2.45) is 5.41 Å². The first-order valence-electron chi connectivity index (χ1n) is 9.95. The lowest BCUT2D eigenvalue weighted by molar-refractivity contribution is -0.131. The van der Waals surface area contributed by atoms with Gasteiger partial charge in [-0.1, -0.05) is 17.7 Å². The van der Waals surface area contributed by atoms with Crippen LogP contribution in [0.5, 0.6) is 0 Å². The molecule has 148 valence electrons. The summed E-state index contributed by atoms with van der Waals surface area (Å²) in [6.45, 7) is 10.1. The fourth-order valence-corrected chi connectivity index (χ4v) is 3.47. The van der Waals surface area contributed by atoms with E-state index < -0.39 is 5.41 Å². The highest BCUT2D eigenvalue weighted by Crippen LogP contribution is 2.47. The summed E-state index contributed by atoms with van der Waals surface area (Å²) in [5.41, 5.74) is 3.77. The van der Waals surface area contributed by atoms with Crippen molar-refractivity contribution in [3.63, 3.8) is 0 Å². The standard InChI is InChI=1S/C23H29N3O2/c1-5-26(6-2)19-10-8-18(9-11-19)24-21(27)23(13-14-23)22(28)25-20-12-7-16(3)15-17(20)4/h7-12,15H,5-6,13-14H2,1-4H3,(H,24,27)(H,25,28). The first kappa shape index (κ1) is 19.9. The SMILES string of the molecule is CCN(CC)c1ccc(NC(=O)C2(C(=O)Nc3ccc(C)cc3C)CC2)cc1. The molecular formula is C23H29N3O2. The Kier molecular flexibility index (Phi) is 5.73. The van der Waals surface area contributed by atoms with E-state index in [1.807, 2.05) is 56.3 Å². The average Bonchev–Trinajstić information content (AvgIpc) is 3.48. The first-order chi connectivity index (χ1) is 13.4. The highest BCUT2D eigenvalue weighted by Gasteiger charge is 2.56. The normalized spacial score (nSPS) is 14.3. The summed E-state index contributed by atoms with van der Waals surface area (Å²) < 4.78 is 0. The zero-order valence-corrected chi connectivity index (χ0v) is 17.1. The zero-order chi connectivity index (χ0) is 20.3. The second-order valence-electron chi connectivity index (χ2n) is 7.53. The van der Waals surface area contributed by atoms with Crippen molar-refractivity contribution in [1.82, 2.24) is 0 Å². The molecule has 2 N–H and O–H groups in total. The molecule has 3 rings (SSSR count). The molecule has 0 radical (unpaired) electrons. The molecule has 28 heavy (non-hydrogen) atoms. The monoisotopic (exact) mass is 379 g/mol. The Balaban J connectivity index is 1.67. The van der Waals surface area contributed by atoms with E-state index in [1.165, 1.54) is 0 Å². The molecule has 0 saturated heterocycles. The van der Waals surface area contributed by atoms with E-state index in [-0.39, 0.29) is 11.8 Å². The van der Waals surface area contributed by atoms with Gasteiger partial charge in [0.15, 0.2) is 0 Å². The summed E-state index contributed by atoms with van der Waals surface area (Å²) in [7, 11) is 0. The van der Waals surface area contributed by atoms with Gasteiger partial charge in [-0.2, -0.15) is 0 Å². The maximum absolute atomic E-state index is 12.8. The smallest absolute Gasteiger partial charge is 0.240 e. The van der Waals surface area contributed by atoms with Crippen LogP contribution in [-0.4, -0.2) is 24.9 Å². The van der Waals surface area contributed by atoms with Crippen molar-refractivity contribution >= 4 is 28.9 Å². The minimum atomic E-state index is -0.963. The number of benzene rings is 2. The molecule has 1 aliphatic rings. The highest BCUT2D eigenvalue weighted by atomic mass is 16.2. The molecule has 0 atom stereocenters. The Morgan fingerprint density at radius 1 is 0.929 bits per heavy atom. The zero-order valence-electron chi connectivity index (χ0n) is 17.1. The van der Waals surface area contributed by atoms with E-state index in [1.54, 1.807) is 0 Å². The summed E-state index contributed by atoms with van der Waals surface area (Å²) in [5, 5.41) is 5.86. The van der Waals surface area contributed by atoms with Gasteiger partial charge in [0.05, 0.1) is 0 Å². The summed E-state index contributed by atoms with van der Waals surface area (Å²) >= 11 is 0. The number of nitrogens with zero attached hydrogens (tertiary/aromatic N) is 1. The van der Waals surface area contributed by atoms with Gasteiger partial charge in [-0.15, -0.1) is 0 Å². The number of carbonyl (C=O) groups excluding carboxylic acids is 2. The van der Waals surface area contributed by atoms with Gasteiger partial charge >= 0.3 is 0 Å². The van der Waals surface area contributed by atoms with Crippen molar-refractivity contribution in [3.8, 4) is 0 Å². The third-order valence-corrected chi connectivity index (χ3v) is 5.50. The summed E-state index contributed by atoms with van der Waals surface area (Å²) in [6, 6.07) is 13.7. The van der Waals surface area contributed by atoms with Gasteiger partial charge in [0.2, 0.25) is 11.8 Å². The maximum Gasteiger partial charge on any atom is 0.240 e. The number of hydrogen-bond donors (Lipinski definition) is 2. The molecule has 2 amide bonds. The largest absolute Gasteiger partial charge is 0.372 e. The molecule has 0 bridgehead atoms. The van der Waals surface area contributed by atoms with Crippen LogP contribution in [0, 0.1) is 19.3 Å². The minimum Gasteiger partial charge on any atom is -0.372 e. The number of aryl methyl sites for hydroxylation is 2. The van der Waals surface area contributed by atoms with Crippen LogP contribution in [0.2, 0.25) is 0 Å². The number of carbonyl (C=O) groups is 2. The van der Waals surface area contributed by atoms with Crippen LogP contribution in [0.25, 0.3) is 0 Å². The lowest BCUT2D eigenvalue weighted by Gasteiger charge is -2.21. The Labute approximate surface area is 167 Å². The fraction of sp³-hybridized carbons (Fsp3) is 0.391. The molecule has 0 unspecified atom stereocenters. The van der Waals surface area contributed by atoms with E-state index >= 15 is 0 Å². The molecule has 2 aromatic carbocycles. The van der Waals surface area contributed by atoms with Gasteiger partial charge in [-0.25, -0.2) is 0 Å². The molecule has 0 aliphatic heterocycles. The van der Waals surface area contributed by atoms with Gasteiger partial charge in [0.25, 0.3) is 0 Å². The number of amides is 2. The molecule has 5 nitrogen and oxygen atoms in total.